The average molecular weight is 246 g/mol. The Morgan fingerprint density at radius 3 is 2.85 bits per heavy atom. The van der Waals surface area contributed by atoms with Gasteiger partial charge in [0.25, 0.3) is 0 Å². The van der Waals surface area contributed by atoms with Crippen LogP contribution in [0.5, 0.6) is 5.75 Å². The predicted octanol–water partition coefficient (Wildman–Crippen LogP) is 2.37. The monoisotopic (exact) mass is 245 g/mol. The molecule has 0 spiro atoms. The Bertz CT molecular complexity index is 356. The van der Waals surface area contributed by atoms with Gasteiger partial charge in [0, 0.05) is 10.0 Å². The molecule has 0 bridgehead atoms. The topological polar surface area (TPSA) is 35.2 Å². The molecule has 1 aromatic carbocycles. The number of benzene rings is 1. The van der Waals surface area contributed by atoms with Crippen LogP contribution < -0.4 is 10.5 Å². The van der Waals surface area contributed by atoms with E-state index in [1.54, 1.807) is 6.07 Å². The van der Waals surface area contributed by atoms with Crippen molar-refractivity contribution in [3.05, 3.63) is 28.0 Å². The van der Waals surface area contributed by atoms with Crippen molar-refractivity contribution in [3.63, 3.8) is 0 Å². The van der Waals surface area contributed by atoms with Gasteiger partial charge in [0.1, 0.15) is 6.10 Å². The summed E-state index contributed by atoms with van der Waals surface area (Å²) in [5, 5.41) is 0. The molecule has 1 aromatic rings. The van der Waals surface area contributed by atoms with Crippen LogP contribution in [-0.4, -0.2) is 6.10 Å². The Balaban J connectivity index is 2.61. The molecule has 4 heteroatoms. The van der Waals surface area contributed by atoms with Crippen LogP contribution in [-0.2, 0) is 0 Å². The first kappa shape index (κ1) is 8.97. The molecule has 70 valence electrons. The molecule has 13 heavy (non-hydrogen) atoms. The van der Waals surface area contributed by atoms with E-state index in [-0.39, 0.29) is 23.7 Å². The van der Waals surface area contributed by atoms with Crippen LogP contribution in [0, 0.1) is 5.82 Å². The summed E-state index contributed by atoms with van der Waals surface area (Å²) in [6.45, 7) is 1.83. The van der Waals surface area contributed by atoms with Crippen LogP contribution >= 0.6 is 15.9 Å². The lowest BCUT2D eigenvalue weighted by Crippen LogP contribution is -2.21. The molecular formula is C9H9BrFNO. The lowest BCUT2D eigenvalue weighted by Gasteiger charge is -2.07. The Morgan fingerprint density at radius 1 is 1.54 bits per heavy atom. The zero-order valence-corrected chi connectivity index (χ0v) is 8.64. The summed E-state index contributed by atoms with van der Waals surface area (Å²) in [5.41, 5.74) is 6.57. The van der Waals surface area contributed by atoms with Crippen molar-refractivity contribution in [3.8, 4) is 5.75 Å². The first-order chi connectivity index (χ1) is 6.11. The van der Waals surface area contributed by atoms with E-state index >= 15 is 0 Å². The quantitative estimate of drug-likeness (QED) is 0.762. The largest absolute Gasteiger partial charge is 0.485 e. The van der Waals surface area contributed by atoms with Crippen molar-refractivity contribution in [2.24, 2.45) is 5.73 Å². The fourth-order valence-corrected chi connectivity index (χ4v) is 2.05. The molecule has 1 aliphatic rings. The zero-order valence-electron chi connectivity index (χ0n) is 7.05. The molecular weight excluding hydrogens is 237 g/mol. The number of hydrogen-bond donors (Lipinski definition) is 1. The van der Waals surface area contributed by atoms with Crippen LogP contribution in [0.1, 0.15) is 18.5 Å². The van der Waals surface area contributed by atoms with Gasteiger partial charge in [-0.15, -0.1) is 0 Å². The molecule has 2 N–H and O–H groups in total. The maximum Gasteiger partial charge on any atom is 0.165 e. The van der Waals surface area contributed by atoms with E-state index in [4.69, 9.17) is 10.5 Å². The average Bonchev–Trinajstić information content (AvgIpc) is 2.38. The third kappa shape index (κ3) is 1.25. The number of ether oxygens (including phenoxy) is 1. The molecule has 2 rings (SSSR count). The van der Waals surface area contributed by atoms with E-state index in [1.165, 1.54) is 6.07 Å². The van der Waals surface area contributed by atoms with Crippen LogP contribution in [0.4, 0.5) is 4.39 Å². The summed E-state index contributed by atoms with van der Waals surface area (Å²) in [4.78, 5) is 0. The van der Waals surface area contributed by atoms with Crippen LogP contribution in [0.2, 0.25) is 0 Å². The van der Waals surface area contributed by atoms with Gasteiger partial charge in [-0.05, 0) is 19.1 Å². The summed E-state index contributed by atoms with van der Waals surface area (Å²) in [6, 6.07) is 2.77. The Labute approximate surface area is 84.0 Å². The van der Waals surface area contributed by atoms with E-state index < -0.39 is 0 Å². The van der Waals surface area contributed by atoms with Gasteiger partial charge in [0.2, 0.25) is 0 Å². The maximum absolute atomic E-state index is 13.2. The highest BCUT2D eigenvalue weighted by atomic mass is 79.9. The minimum Gasteiger partial charge on any atom is -0.485 e. The Kier molecular flexibility index (Phi) is 2.04. The fourth-order valence-electron chi connectivity index (χ4n) is 1.47. The number of hydrogen-bond acceptors (Lipinski definition) is 2. The molecule has 0 saturated heterocycles. The van der Waals surface area contributed by atoms with Crippen molar-refractivity contribution in [1.82, 2.24) is 0 Å². The first-order valence-corrected chi connectivity index (χ1v) is 4.80. The molecule has 2 atom stereocenters. The Hall–Kier alpha value is -0.610. The number of nitrogens with two attached hydrogens (primary N) is 1. The van der Waals surface area contributed by atoms with Gasteiger partial charge >= 0.3 is 0 Å². The molecule has 0 amide bonds. The number of fused-ring (bicyclic) bond motifs is 1. The lowest BCUT2D eigenvalue weighted by molar-refractivity contribution is 0.220. The van der Waals surface area contributed by atoms with Crippen molar-refractivity contribution in [2.45, 2.75) is 19.1 Å². The van der Waals surface area contributed by atoms with E-state index in [2.05, 4.69) is 15.9 Å². The van der Waals surface area contributed by atoms with Crippen LogP contribution in [0.3, 0.4) is 0 Å². The van der Waals surface area contributed by atoms with Gasteiger partial charge in [-0.3, -0.25) is 0 Å². The summed E-state index contributed by atoms with van der Waals surface area (Å²) in [7, 11) is 0. The first-order valence-electron chi connectivity index (χ1n) is 4.01. The van der Waals surface area contributed by atoms with Crippen molar-refractivity contribution in [2.75, 3.05) is 0 Å². The minimum atomic E-state index is -0.349. The fraction of sp³-hybridized carbons (Fsp3) is 0.333. The molecule has 1 aliphatic heterocycles. The summed E-state index contributed by atoms with van der Waals surface area (Å²) < 4.78 is 19.3. The molecule has 2 unspecified atom stereocenters. The standard InChI is InChI=1S/C9H9BrFNO/c1-4-8(12)7-5(10)2-3-6(11)9(7)13-4/h2-4,8H,12H2,1H3. The van der Waals surface area contributed by atoms with Gasteiger partial charge in [-0.25, -0.2) is 4.39 Å². The lowest BCUT2D eigenvalue weighted by atomic mass is 10.1. The predicted molar refractivity (Wildman–Crippen MR) is 51.1 cm³/mol. The van der Waals surface area contributed by atoms with Crippen molar-refractivity contribution >= 4 is 15.9 Å². The van der Waals surface area contributed by atoms with E-state index in [9.17, 15) is 4.39 Å². The molecule has 0 radical (unpaired) electrons. The second kappa shape index (κ2) is 2.96. The summed E-state index contributed by atoms with van der Waals surface area (Å²) in [6.07, 6.45) is -0.164. The molecule has 0 fully saturated rings. The summed E-state index contributed by atoms with van der Waals surface area (Å²) in [5.74, 6) is -0.0626. The van der Waals surface area contributed by atoms with E-state index in [1.807, 2.05) is 6.92 Å². The van der Waals surface area contributed by atoms with Gasteiger partial charge in [-0.1, -0.05) is 15.9 Å². The normalized spacial score (nSPS) is 25.5. The van der Waals surface area contributed by atoms with Crippen molar-refractivity contribution in [1.29, 1.82) is 0 Å². The number of halogens is 2. The van der Waals surface area contributed by atoms with Crippen molar-refractivity contribution < 1.29 is 9.13 Å². The van der Waals surface area contributed by atoms with Gasteiger partial charge in [0.15, 0.2) is 11.6 Å². The van der Waals surface area contributed by atoms with E-state index in [0.29, 0.717) is 0 Å². The third-order valence-corrected chi connectivity index (χ3v) is 2.93. The Morgan fingerprint density at radius 2 is 2.23 bits per heavy atom. The van der Waals surface area contributed by atoms with Gasteiger partial charge < -0.3 is 10.5 Å². The highest BCUT2D eigenvalue weighted by Crippen LogP contribution is 2.41. The molecule has 0 aromatic heterocycles. The van der Waals surface area contributed by atoms with Gasteiger partial charge in [-0.2, -0.15) is 0 Å². The zero-order chi connectivity index (χ0) is 9.59. The minimum absolute atomic E-state index is 0.164. The molecule has 1 heterocycles. The van der Waals surface area contributed by atoms with Gasteiger partial charge in [0.05, 0.1) is 6.04 Å². The van der Waals surface area contributed by atoms with Crippen LogP contribution in [0.15, 0.2) is 16.6 Å². The summed E-state index contributed by atoms with van der Waals surface area (Å²) >= 11 is 3.32. The van der Waals surface area contributed by atoms with E-state index in [0.717, 1.165) is 10.0 Å². The molecule has 0 saturated carbocycles. The third-order valence-electron chi connectivity index (χ3n) is 2.24. The number of rotatable bonds is 0. The SMILES string of the molecule is CC1Oc2c(F)ccc(Br)c2C1N. The second-order valence-electron chi connectivity index (χ2n) is 3.12. The highest BCUT2D eigenvalue weighted by Gasteiger charge is 2.32. The smallest absolute Gasteiger partial charge is 0.165 e. The highest BCUT2D eigenvalue weighted by molar-refractivity contribution is 9.10. The molecule has 0 aliphatic carbocycles. The maximum atomic E-state index is 13.2. The second-order valence-corrected chi connectivity index (χ2v) is 3.98. The molecule has 2 nitrogen and oxygen atoms in total. The van der Waals surface area contributed by atoms with Crippen LogP contribution in [0.25, 0.3) is 0 Å².